The molecule has 1 aliphatic carbocycles. The second kappa shape index (κ2) is 2.45. The van der Waals surface area contributed by atoms with Crippen molar-refractivity contribution in [1.82, 2.24) is 4.98 Å². The van der Waals surface area contributed by atoms with Crippen LogP contribution in [0.2, 0.25) is 0 Å². The molecule has 0 saturated carbocycles. The molecule has 1 heterocycles. The van der Waals surface area contributed by atoms with Gasteiger partial charge in [-0.1, -0.05) is 12.2 Å². The zero-order chi connectivity index (χ0) is 7.84. The molecule has 1 aromatic heterocycles. The summed E-state index contributed by atoms with van der Waals surface area (Å²) in [6.45, 7) is 2.15. The fraction of sp³-hybridized carbons (Fsp3) is 0.444. The van der Waals surface area contributed by atoms with Gasteiger partial charge in [0.2, 0.25) is 0 Å². The maximum absolute atomic E-state index is 5.09. The number of hydrogen-bond acceptors (Lipinski definition) is 1. The number of aromatic amines is 1. The van der Waals surface area contributed by atoms with Gasteiger partial charge < -0.3 is 4.98 Å². The molecule has 0 spiro atoms. The van der Waals surface area contributed by atoms with Crippen LogP contribution in [0.1, 0.15) is 23.2 Å². The molecule has 0 bridgehead atoms. The van der Waals surface area contributed by atoms with Gasteiger partial charge in [0.15, 0.2) is 0 Å². The molecular weight excluding hydrogens is 154 g/mol. The number of aryl methyl sites for hydroxylation is 2. The molecule has 58 valence electrons. The molecule has 1 nitrogen and oxygen atoms in total. The van der Waals surface area contributed by atoms with Crippen LogP contribution in [0.5, 0.6) is 0 Å². The van der Waals surface area contributed by atoms with Crippen molar-refractivity contribution in [3.05, 3.63) is 27.5 Å². The molecule has 11 heavy (non-hydrogen) atoms. The van der Waals surface area contributed by atoms with E-state index >= 15 is 0 Å². The minimum Gasteiger partial charge on any atom is -0.350 e. The van der Waals surface area contributed by atoms with E-state index in [0.717, 1.165) is 4.64 Å². The van der Waals surface area contributed by atoms with E-state index in [0.29, 0.717) is 0 Å². The SMILES string of the molecule is Cc1cc(=S)[nH]c2c1CCC2. The monoisotopic (exact) mass is 165 g/mol. The lowest BCUT2D eigenvalue weighted by molar-refractivity contribution is 0.898. The number of pyridine rings is 1. The largest absolute Gasteiger partial charge is 0.350 e. The van der Waals surface area contributed by atoms with Gasteiger partial charge >= 0.3 is 0 Å². The average molecular weight is 165 g/mol. The number of nitrogens with one attached hydrogen (secondary N) is 1. The van der Waals surface area contributed by atoms with E-state index in [1.54, 1.807) is 0 Å². The van der Waals surface area contributed by atoms with Gasteiger partial charge in [-0.25, -0.2) is 0 Å². The molecule has 0 unspecified atom stereocenters. The van der Waals surface area contributed by atoms with Crippen molar-refractivity contribution in [2.75, 3.05) is 0 Å². The quantitative estimate of drug-likeness (QED) is 0.584. The van der Waals surface area contributed by atoms with E-state index in [2.05, 4.69) is 18.0 Å². The maximum atomic E-state index is 5.09. The highest BCUT2D eigenvalue weighted by Gasteiger charge is 2.12. The summed E-state index contributed by atoms with van der Waals surface area (Å²) in [6.07, 6.45) is 3.69. The Morgan fingerprint density at radius 3 is 3.09 bits per heavy atom. The third-order valence-electron chi connectivity index (χ3n) is 2.32. The number of H-pyrrole nitrogens is 1. The first-order chi connectivity index (χ1) is 5.27. The molecular formula is C9H11NS. The first-order valence-electron chi connectivity index (χ1n) is 3.99. The lowest BCUT2D eigenvalue weighted by Crippen LogP contribution is -1.91. The van der Waals surface area contributed by atoms with Gasteiger partial charge in [-0.05, 0) is 43.4 Å². The predicted octanol–water partition coefficient (Wildman–Crippen LogP) is 2.54. The van der Waals surface area contributed by atoms with Crippen molar-refractivity contribution in [3.8, 4) is 0 Å². The lowest BCUT2D eigenvalue weighted by atomic mass is 10.1. The van der Waals surface area contributed by atoms with Crippen molar-refractivity contribution in [2.45, 2.75) is 26.2 Å². The van der Waals surface area contributed by atoms with Crippen LogP contribution >= 0.6 is 12.2 Å². The molecule has 0 radical (unpaired) electrons. The summed E-state index contributed by atoms with van der Waals surface area (Å²) in [6, 6.07) is 2.06. The van der Waals surface area contributed by atoms with Crippen LogP contribution in [0.25, 0.3) is 0 Å². The van der Waals surface area contributed by atoms with Crippen molar-refractivity contribution in [2.24, 2.45) is 0 Å². The zero-order valence-electron chi connectivity index (χ0n) is 6.61. The summed E-state index contributed by atoms with van der Waals surface area (Å²) < 4.78 is 0.878. The summed E-state index contributed by atoms with van der Waals surface area (Å²) >= 11 is 5.09. The molecule has 0 fully saturated rings. The third-order valence-corrected chi connectivity index (χ3v) is 2.54. The summed E-state index contributed by atoms with van der Waals surface area (Å²) in [4.78, 5) is 3.24. The van der Waals surface area contributed by atoms with Gasteiger partial charge in [-0.2, -0.15) is 0 Å². The highest BCUT2D eigenvalue weighted by molar-refractivity contribution is 7.71. The first kappa shape index (κ1) is 7.04. The summed E-state index contributed by atoms with van der Waals surface area (Å²) in [7, 11) is 0. The van der Waals surface area contributed by atoms with Crippen molar-refractivity contribution in [1.29, 1.82) is 0 Å². The van der Waals surface area contributed by atoms with E-state index in [4.69, 9.17) is 12.2 Å². The van der Waals surface area contributed by atoms with Gasteiger partial charge in [0.05, 0.1) is 0 Å². The van der Waals surface area contributed by atoms with Crippen molar-refractivity contribution in [3.63, 3.8) is 0 Å². The molecule has 2 rings (SSSR count). The molecule has 0 aromatic carbocycles. The molecule has 1 N–H and O–H groups in total. The van der Waals surface area contributed by atoms with Gasteiger partial charge in [-0.15, -0.1) is 0 Å². The van der Waals surface area contributed by atoms with Crippen molar-refractivity contribution >= 4 is 12.2 Å². The molecule has 1 aliphatic rings. The fourth-order valence-corrected chi connectivity index (χ4v) is 2.09. The van der Waals surface area contributed by atoms with Gasteiger partial charge in [0, 0.05) is 5.69 Å². The predicted molar refractivity (Wildman–Crippen MR) is 48.4 cm³/mol. The van der Waals surface area contributed by atoms with E-state index in [-0.39, 0.29) is 0 Å². The summed E-state index contributed by atoms with van der Waals surface area (Å²) in [5, 5.41) is 0. The maximum Gasteiger partial charge on any atom is 0.103 e. The van der Waals surface area contributed by atoms with Crippen LogP contribution in [0.4, 0.5) is 0 Å². The zero-order valence-corrected chi connectivity index (χ0v) is 7.42. The minimum absolute atomic E-state index is 0.878. The van der Waals surface area contributed by atoms with Crippen LogP contribution < -0.4 is 0 Å². The summed E-state index contributed by atoms with van der Waals surface area (Å²) in [5.74, 6) is 0. The Bertz CT molecular complexity index is 338. The Kier molecular flexibility index (Phi) is 1.57. The van der Waals surface area contributed by atoms with Crippen LogP contribution in [0.15, 0.2) is 6.07 Å². The lowest BCUT2D eigenvalue weighted by Gasteiger charge is -2.02. The van der Waals surface area contributed by atoms with Crippen molar-refractivity contribution < 1.29 is 0 Å². The minimum atomic E-state index is 0.878. The molecule has 0 amide bonds. The van der Waals surface area contributed by atoms with E-state index in [9.17, 15) is 0 Å². The Labute approximate surface area is 71.5 Å². The molecule has 0 aliphatic heterocycles. The second-order valence-electron chi connectivity index (χ2n) is 3.13. The number of fused-ring (bicyclic) bond motifs is 1. The van der Waals surface area contributed by atoms with Gasteiger partial charge in [0.1, 0.15) is 4.64 Å². The topological polar surface area (TPSA) is 15.8 Å². The third kappa shape index (κ3) is 1.11. The van der Waals surface area contributed by atoms with Crippen LogP contribution in [-0.2, 0) is 12.8 Å². The number of hydrogen-bond donors (Lipinski definition) is 1. The van der Waals surface area contributed by atoms with E-state index < -0.39 is 0 Å². The average Bonchev–Trinajstić information content (AvgIpc) is 2.34. The van der Waals surface area contributed by atoms with Crippen LogP contribution in [0.3, 0.4) is 0 Å². The van der Waals surface area contributed by atoms with Gasteiger partial charge in [-0.3, -0.25) is 0 Å². The standard InChI is InChI=1S/C9H11NS/c1-6-5-9(11)10-8-4-2-3-7(6)8/h5H,2-4H2,1H3,(H,10,11). The highest BCUT2D eigenvalue weighted by atomic mass is 32.1. The van der Waals surface area contributed by atoms with E-state index in [1.165, 1.54) is 36.1 Å². The number of aromatic nitrogens is 1. The second-order valence-corrected chi connectivity index (χ2v) is 3.57. The Balaban J connectivity index is 2.70. The molecule has 0 saturated heterocycles. The van der Waals surface area contributed by atoms with E-state index in [1.807, 2.05) is 0 Å². The van der Waals surface area contributed by atoms with Crippen LogP contribution in [0, 0.1) is 11.6 Å². The van der Waals surface area contributed by atoms with Crippen LogP contribution in [-0.4, -0.2) is 4.98 Å². The first-order valence-corrected chi connectivity index (χ1v) is 4.40. The number of rotatable bonds is 0. The molecule has 1 aromatic rings. The normalized spacial score (nSPS) is 15.0. The van der Waals surface area contributed by atoms with Gasteiger partial charge in [0.25, 0.3) is 0 Å². The Morgan fingerprint density at radius 1 is 1.45 bits per heavy atom. The Morgan fingerprint density at radius 2 is 2.27 bits per heavy atom. The molecule has 2 heteroatoms. The highest BCUT2D eigenvalue weighted by Crippen LogP contribution is 2.22. The fourth-order valence-electron chi connectivity index (χ4n) is 1.79. The Hall–Kier alpha value is -0.630. The summed E-state index contributed by atoms with van der Waals surface area (Å²) in [5.41, 5.74) is 4.23. The smallest absolute Gasteiger partial charge is 0.103 e. The molecule has 0 atom stereocenters.